The molecular weight excluding hydrogens is 475 g/mol. The van der Waals surface area contributed by atoms with Crippen LogP contribution in [0.15, 0.2) is 95.8 Å². The van der Waals surface area contributed by atoms with Gasteiger partial charge in [-0.15, -0.1) is 0 Å². The molecule has 1 aliphatic carbocycles. The molecule has 0 saturated carbocycles. The molecule has 1 aromatic rings. The number of alkyl halides is 3. The highest BCUT2D eigenvalue weighted by Gasteiger charge is 2.59. The Balaban J connectivity index is 0.00000186. The van der Waals surface area contributed by atoms with E-state index in [1.807, 2.05) is 33.0 Å². The highest BCUT2D eigenvalue weighted by molar-refractivity contribution is 6.10. The minimum Gasteiger partial charge on any atom is -0.463 e. The van der Waals surface area contributed by atoms with Crippen molar-refractivity contribution >= 4 is 11.9 Å². The standard InChI is InChI=1S/C29H28F3NO2.C2H6/c1-6-20(13-12-19(2)29(30,31)32)26(34)22-15-14-21-16-17-28(35-25(21)18-22)27(3,4)23-10-8-7-9-11-24(23)33(28)5;1-2/h6-7,9-18H,2,8H2,1,3-5H3;1-2H3/b13-12-,20-6+;. The van der Waals surface area contributed by atoms with Gasteiger partial charge < -0.3 is 9.64 Å². The van der Waals surface area contributed by atoms with E-state index in [0.29, 0.717) is 11.3 Å². The van der Waals surface area contributed by atoms with Crippen LogP contribution in [-0.2, 0) is 0 Å². The first-order valence-corrected chi connectivity index (χ1v) is 12.4. The molecule has 1 spiro atoms. The number of ether oxygens (including phenoxy) is 1. The van der Waals surface area contributed by atoms with Gasteiger partial charge in [-0.05, 0) is 63.1 Å². The van der Waals surface area contributed by atoms with Crippen LogP contribution < -0.4 is 4.74 Å². The number of nitrogens with zero attached hydrogens (tertiary/aromatic N) is 1. The summed E-state index contributed by atoms with van der Waals surface area (Å²) in [5.41, 5.74) is 1.37. The summed E-state index contributed by atoms with van der Waals surface area (Å²) in [6, 6.07) is 5.12. The van der Waals surface area contributed by atoms with E-state index >= 15 is 0 Å². The molecule has 2 aliphatic heterocycles. The van der Waals surface area contributed by atoms with Crippen molar-refractivity contribution in [2.45, 2.75) is 52.9 Å². The van der Waals surface area contributed by atoms with E-state index < -0.39 is 23.3 Å². The molecule has 196 valence electrons. The van der Waals surface area contributed by atoms with Crippen LogP contribution in [0.2, 0.25) is 0 Å². The van der Waals surface area contributed by atoms with Gasteiger partial charge in [0.15, 0.2) is 5.78 Å². The molecule has 2 heterocycles. The fourth-order valence-electron chi connectivity index (χ4n) is 4.85. The average molecular weight is 510 g/mol. The van der Waals surface area contributed by atoms with Crippen LogP contribution in [0.25, 0.3) is 6.08 Å². The molecule has 1 unspecified atom stereocenters. The number of fused-ring (bicyclic) bond motifs is 2. The number of benzene rings is 1. The zero-order valence-corrected chi connectivity index (χ0v) is 22.2. The van der Waals surface area contributed by atoms with Gasteiger partial charge in [0.2, 0.25) is 5.72 Å². The number of likely N-dealkylation sites (tertiary alicyclic amines) is 1. The third-order valence-electron chi connectivity index (χ3n) is 6.98. The third-order valence-corrected chi connectivity index (χ3v) is 6.98. The van der Waals surface area contributed by atoms with Crippen molar-refractivity contribution in [2.24, 2.45) is 5.41 Å². The minimum absolute atomic E-state index is 0.138. The Morgan fingerprint density at radius 1 is 1.19 bits per heavy atom. The lowest BCUT2D eigenvalue weighted by Gasteiger charge is -2.45. The number of allylic oxidation sites excluding steroid dienone is 10. The molecule has 0 amide bonds. The number of Topliss-reactive ketones (excluding diaryl/α,β-unsaturated/α-hetero) is 1. The Kier molecular flexibility index (Phi) is 7.91. The maximum absolute atomic E-state index is 13.1. The number of halogens is 3. The summed E-state index contributed by atoms with van der Waals surface area (Å²) >= 11 is 0. The Bertz CT molecular complexity index is 1270. The first-order valence-electron chi connectivity index (χ1n) is 12.4. The number of ketones is 1. The molecule has 0 bridgehead atoms. The number of hydrogen-bond acceptors (Lipinski definition) is 3. The summed E-state index contributed by atoms with van der Waals surface area (Å²) in [6.07, 6.45) is 12.2. The van der Waals surface area contributed by atoms with E-state index in [2.05, 4.69) is 49.6 Å². The van der Waals surface area contributed by atoms with Crippen molar-refractivity contribution in [2.75, 3.05) is 7.05 Å². The molecule has 4 rings (SSSR count). The van der Waals surface area contributed by atoms with Gasteiger partial charge in [-0.25, -0.2) is 0 Å². The quantitative estimate of drug-likeness (QED) is 0.232. The van der Waals surface area contributed by atoms with Crippen LogP contribution in [0, 0.1) is 5.41 Å². The van der Waals surface area contributed by atoms with Crippen molar-refractivity contribution in [1.82, 2.24) is 4.90 Å². The Morgan fingerprint density at radius 2 is 1.89 bits per heavy atom. The van der Waals surface area contributed by atoms with E-state index in [1.54, 1.807) is 25.1 Å². The molecule has 1 atom stereocenters. The largest absolute Gasteiger partial charge is 0.463 e. The SMILES string of the molecule is C=C(/C=C\C(=C/C)C(=O)c1ccc2c(c1)OC1(C=C2)N(C)C2=CC=CCC=C2C1(C)C)C(F)(F)F.CC. The van der Waals surface area contributed by atoms with E-state index in [4.69, 9.17) is 4.74 Å². The van der Waals surface area contributed by atoms with Crippen molar-refractivity contribution in [3.05, 3.63) is 107 Å². The van der Waals surface area contributed by atoms with Gasteiger partial charge in [0.05, 0.1) is 5.41 Å². The molecule has 0 radical (unpaired) electrons. The van der Waals surface area contributed by atoms with Crippen LogP contribution >= 0.6 is 0 Å². The number of rotatable bonds is 4. The van der Waals surface area contributed by atoms with E-state index in [-0.39, 0.29) is 11.0 Å². The Labute approximate surface area is 217 Å². The first-order chi connectivity index (χ1) is 17.4. The van der Waals surface area contributed by atoms with Gasteiger partial charge in [0.25, 0.3) is 0 Å². The lowest BCUT2D eigenvalue weighted by molar-refractivity contribution is -0.0878. The highest BCUT2D eigenvalue weighted by Crippen LogP contribution is 2.56. The van der Waals surface area contributed by atoms with Crippen LogP contribution in [0.5, 0.6) is 5.75 Å². The predicted octanol–water partition coefficient (Wildman–Crippen LogP) is 8.36. The monoisotopic (exact) mass is 509 g/mol. The van der Waals surface area contributed by atoms with Crippen LogP contribution in [-0.4, -0.2) is 29.6 Å². The zero-order chi connectivity index (χ0) is 27.6. The number of carbonyl (C=O) groups is 1. The Morgan fingerprint density at radius 3 is 2.54 bits per heavy atom. The predicted molar refractivity (Wildman–Crippen MR) is 144 cm³/mol. The summed E-state index contributed by atoms with van der Waals surface area (Å²) < 4.78 is 45.1. The fourth-order valence-corrected chi connectivity index (χ4v) is 4.85. The molecule has 6 heteroatoms. The lowest BCUT2D eigenvalue weighted by Crippen LogP contribution is -2.54. The second-order valence-corrected chi connectivity index (χ2v) is 9.33. The van der Waals surface area contributed by atoms with Gasteiger partial charge in [-0.3, -0.25) is 4.79 Å². The van der Waals surface area contributed by atoms with Crippen LogP contribution in [0.1, 0.15) is 57.0 Å². The number of hydrogen-bond donors (Lipinski definition) is 0. The molecule has 3 aliphatic rings. The summed E-state index contributed by atoms with van der Waals surface area (Å²) in [5.74, 6) is 0.152. The van der Waals surface area contributed by atoms with Crippen molar-refractivity contribution in [3.8, 4) is 5.75 Å². The van der Waals surface area contributed by atoms with Gasteiger partial charge in [0, 0.05) is 35.0 Å². The summed E-state index contributed by atoms with van der Waals surface area (Å²) in [6.45, 7) is 12.9. The smallest absolute Gasteiger partial charge is 0.415 e. The molecule has 0 N–H and O–H groups in total. The zero-order valence-electron chi connectivity index (χ0n) is 22.2. The third kappa shape index (κ3) is 4.89. The number of carbonyl (C=O) groups excluding carboxylic acids is 1. The lowest BCUT2D eigenvalue weighted by atomic mass is 9.76. The fraction of sp³-hybridized carbons (Fsp3) is 0.323. The van der Waals surface area contributed by atoms with Crippen molar-refractivity contribution < 1.29 is 22.7 Å². The maximum Gasteiger partial charge on any atom is 0.415 e. The second kappa shape index (κ2) is 10.4. The van der Waals surface area contributed by atoms with E-state index in [9.17, 15) is 18.0 Å². The molecule has 0 aromatic heterocycles. The molecule has 1 aromatic carbocycles. The average Bonchev–Trinajstić information content (AvgIpc) is 3.07. The number of likely N-dealkylation sites (N-methyl/N-ethyl adjacent to an activating group) is 1. The molecular formula is C31H34F3NO2. The van der Waals surface area contributed by atoms with Gasteiger partial charge in [0.1, 0.15) is 5.75 Å². The topological polar surface area (TPSA) is 29.5 Å². The summed E-state index contributed by atoms with van der Waals surface area (Å²) in [4.78, 5) is 15.2. The molecule has 1 saturated heterocycles. The van der Waals surface area contributed by atoms with E-state index in [0.717, 1.165) is 29.8 Å². The van der Waals surface area contributed by atoms with E-state index in [1.165, 1.54) is 11.6 Å². The molecule has 1 fully saturated rings. The van der Waals surface area contributed by atoms with Crippen LogP contribution in [0.4, 0.5) is 13.2 Å². The van der Waals surface area contributed by atoms with Gasteiger partial charge >= 0.3 is 6.18 Å². The minimum atomic E-state index is -4.55. The maximum atomic E-state index is 13.1. The van der Waals surface area contributed by atoms with Crippen molar-refractivity contribution in [3.63, 3.8) is 0 Å². The molecule has 37 heavy (non-hydrogen) atoms. The first kappa shape index (κ1) is 28.0. The second-order valence-electron chi connectivity index (χ2n) is 9.33. The summed E-state index contributed by atoms with van der Waals surface area (Å²) in [5, 5.41) is 0. The van der Waals surface area contributed by atoms with Gasteiger partial charge in [-0.2, -0.15) is 13.2 Å². The van der Waals surface area contributed by atoms with Crippen molar-refractivity contribution in [1.29, 1.82) is 0 Å². The normalized spacial score (nSPS) is 21.9. The highest BCUT2D eigenvalue weighted by atomic mass is 19.4. The summed E-state index contributed by atoms with van der Waals surface area (Å²) in [7, 11) is 1.99. The molecule has 3 nitrogen and oxygen atoms in total. The Hall–Kier alpha value is -3.54. The van der Waals surface area contributed by atoms with Crippen LogP contribution in [0.3, 0.4) is 0 Å². The van der Waals surface area contributed by atoms with Gasteiger partial charge in [-0.1, -0.05) is 62.9 Å².